The number of rotatable bonds is 4. The van der Waals surface area contributed by atoms with Crippen molar-refractivity contribution in [2.45, 2.75) is 19.8 Å². The highest BCUT2D eigenvalue weighted by molar-refractivity contribution is 4.73. The third-order valence-electron chi connectivity index (χ3n) is 1.23. The molecule has 2 heteroatoms. The predicted molar refractivity (Wildman–Crippen MR) is 38.0 cm³/mol. The summed E-state index contributed by atoms with van der Waals surface area (Å²) in [5, 5.41) is 8.24. The normalized spacial score (nSPS) is 9.56. The fourth-order valence-electron chi connectivity index (χ4n) is 0.628. The van der Waals surface area contributed by atoms with E-state index in [4.69, 9.17) is 5.26 Å². The molecule has 0 aromatic carbocycles. The molecule has 2 nitrogen and oxygen atoms in total. The summed E-state index contributed by atoms with van der Waals surface area (Å²) >= 11 is 0. The molecule has 0 aliphatic rings. The van der Waals surface area contributed by atoms with Crippen LogP contribution in [0.2, 0.25) is 0 Å². The SMILES string of the molecule is CCCCN(C)CC#N. The maximum atomic E-state index is 8.24. The van der Waals surface area contributed by atoms with Crippen LogP contribution in [0.3, 0.4) is 0 Å². The number of nitrogens with zero attached hydrogens (tertiary/aromatic N) is 2. The van der Waals surface area contributed by atoms with Crippen LogP contribution in [0.4, 0.5) is 0 Å². The lowest BCUT2D eigenvalue weighted by Gasteiger charge is -2.09. The Labute approximate surface area is 57.1 Å². The van der Waals surface area contributed by atoms with E-state index in [0.29, 0.717) is 6.54 Å². The zero-order chi connectivity index (χ0) is 7.11. The van der Waals surface area contributed by atoms with Crippen molar-refractivity contribution in [3.8, 4) is 6.07 Å². The van der Waals surface area contributed by atoms with E-state index in [-0.39, 0.29) is 0 Å². The van der Waals surface area contributed by atoms with E-state index in [2.05, 4.69) is 13.0 Å². The fourth-order valence-corrected chi connectivity index (χ4v) is 0.628. The van der Waals surface area contributed by atoms with E-state index in [1.54, 1.807) is 0 Å². The molecule has 0 rings (SSSR count). The quantitative estimate of drug-likeness (QED) is 0.530. The number of unbranched alkanes of at least 4 members (excludes halogenated alkanes) is 1. The van der Waals surface area contributed by atoms with Gasteiger partial charge in [-0.2, -0.15) is 5.26 Å². The van der Waals surface area contributed by atoms with Gasteiger partial charge in [0.1, 0.15) is 0 Å². The van der Waals surface area contributed by atoms with Crippen LogP contribution < -0.4 is 0 Å². The standard InChI is InChI=1S/C7H14N2/c1-3-4-6-9(2)7-5-8/h3-4,6-7H2,1-2H3. The van der Waals surface area contributed by atoms with Gasteiger partial charge in [-0.15, -0.1) is 0 Å². The molecule has 0 heterocycles. The van der Waals surface area contributed by atoms with Gasteiger partial charge < -0.3 is 0 Å². The summed E-state index contributed by atoms with van der Waals surface area (Å²) in [6.45, 7) is 3.75. The molecule has 9 heavy (non-hydrogen) atoms. The van der Waals surface area contributed by atoms with E-state index in [1.165, 1.54) is 12.8 Å². The first-order valence-corrected chi connectivity index (χ1v) is 3.36. The van der Waals surface area contributed by atoms with E-state index < -0.39 is 0 Å². The molecule has 0 aromatic rings. The first kappa shape index (κ1) is 8.45. The van der Waals surface area contributed by atoms with Crippen molar-refractivity contribution in [2.24, 2.45) is 0 Å². The Balaban J connectivity index is 3.08. The summed E-state index contributed by atoms with van der Waals surface area (Å²) in [5.41, 5.74) is 0. The molecule has 0 bridgehead atoms. The average molecular weight is 126 g/mol. The van der Waals surface area contributed by atoms with Gasteiger partial charge in [-0.05, 0) is 20.0 Å². The molecule has 0 saturated heterocycles. The van der Waals surface area contributed by atoms with Crippen LogP contribution >= 0.6 is 0 Å². The lowest BCUT2D eigenvalue weighted by atomic mass is 10.3. The predicted octanol–water partition coefficient (Wildman–Crippen LogP) is 1.24. The summed E-state index contributed by atoms with van der Waals surface area (Å²) in [7, 11) is 1.97. The molecule has 0 saturated carbocycles. The second-order valence-electron chi connectivity index (χ2n) is 2.25. The first-order chi connectivity index (χ1) is 4.31. The third kappa shape index (κ3) is 5.32. The zero-order valence-electron chi connectivity index (χ0n) is 6.22. The van der Waals surface area contributed by atoms with Crippen molar-refractivity contribution in [1.29, 1.82) is 5.26 Å². The van der Waals surface area contributed by atoms with Crippen LogP contribution in [0.1, 0.15) is 19.8 Å². The van der Waals surface area contributed by atoms with Crippen molar-refractivity contribution in [2.75, 3.05) is 20.1 Å². The fraction of sp³-hybridized carbons (Fsp3) is 0.857. The van der Waals surface area contributed by atoms with Crippen LogP contribution in [0.5, 0.6) is 0 Å². The molecule has 0 amide bonds. The van der Waals surface area contributed by atoms with E-state index in [1.807, 2.05) is 11.9 Å². The molecule has 52 valence electrons. The Morgan fingerprint density at radius 2 is 2.22 bits per heavy atom. The van der Waals surface area contributed by atoms with Gasteiger partial charge in [0.15, 0.2) is 0 Å². The van der Waals surface area contributed by atoms with Crippen LogP contribution in [0, 0.1) is 11.3 Å². The van der Waals surface area contributed by atoms with Crippen LogP contribution in [-0.4, -0.2) is 25.0 Å². The minimum Gasteiger partial charge on any atom is -0.294 e. The molecule has 0 fully saturated rings. The average Bonchev–Trinajstić information content (AvgIpc) is 1.85. The van der Waals surface area contributed by atoms with Gasteiger partial charge in [-0.1, -0.05) is 13.3 Å². The highest BCUT2D eigenvalue weighted by Gasteiger charge is 1.92. The number of nitriles is 1. The molecule has 0 aromatic heterocycles. The molecule has 0 aliphatic heterocycles. The van der Waals surface area contributed by atoms with Gasteiger partial charge in [-0.3, -0.25) is 4.90 Å². The third-order valence-corrected chi connectivity index (χ3v) is 1.23. The largest absolute Gasteiger partial charge is 0.294 e. The van der Waals surface area contributed by atoms with Gasteiger partial charge in [0, 0.05) is 0 Å². The van der Waals surface area contributed by atoms with Gasteiger partial charge in [0.2, 0.25) is 0 Å². The van der Waals surface area contributed by atoms with Crippen molar-refractivity contribution in [1.82, 2.24) is 4.90 Å². The summed E-state index contributed by atoms with van der Waals surface area (Å²) in [6.07, 6.45) is 2.40. The molecular weight excluding hydrogens is 112 g/mol. The monoisotopic (exact) mass is 126 g/mol. The van der Waals surface area contributed by atoms with Crippen LogP contribution in [0.15, 0.2) is 0 Å². The Morgan fingerprint density at radius 1 is 1.56 bits per heavy atom. The molecular formula is C7H14N2. The topological polar surface area (TPSA) is 27.0 Å². The summed E-state index contributed by atoms with van der Waals surface area (Å²) < 4.78 is 0. The molecule has 0 N–H and O–H groups in total. The summed E-state index contributed by atoms with van der Waals surface area (Å²) in [6, 6.07) is 2.10. The zero-order valence-corrected chi connectivity index (χ0v) is 6.22. The highest BCUT2D eigenvalue weighted by atomic mass is 15.1. The second-order valence-corrected chi connectivity index (χ2v) is 2.25. The van der Waals surface area contributed by atoms with E-state index in [9.17, 15) is 0 Å². The summed E-state index contributed by atoms with van der Waals surface area (Å²) in [4.78, 5) is 2.03. The van der Waals surface area contributed by atoms with Gasteiger partial charge in [-0.25, -0.2) is 0 Å². The van der Waals surface area contributed by atoms with Crippen molar-refractivity contribution < 1.29 is 0 Å². The Hall–Kier alpha value is -0.550. The van der Waals surface area contributed by atoms with Crippen LogP contribution in [0.25, 0.3) is 0 Å². The minimum atomic E-state index is 0.556. The van der Waals surface area contributed by atoms with Gasteiger partial charge >= 0.3 is 0 Å². The van der Waals surface area contributed by atoms with Gasteiger partial charge in [0.05, 0.1) is 12.6 Å². The molecule has 0 aliphatic carbocycles. The van der Waals surface area contributed by atoms with Crippen molar-refractivity contribution >= 4 is 0 Å². The highest BCUT2D eigenvalue weighted by Crippen LogP contribution is 1.89. The lowest BCUT2D eigenvalue weighted by molar-refractivity contribution is 0.366. The van der Waals surface area contributed by atoms with E-state index >= 15 is 0 Å². The van der Waals surface area contributed by atoms with Gasteiger partial charge in [0.25, 0.3) is 0 Å². The minimum absolute atomic E-state index is 0.556. The first-order valence-electron chi connectivity index (χ1n) is 3.36. The number of hydrogen-bond donors (Lipinski definition) is 0. The Kier molecular flexibility index (Phi) is 5.24. The Morgan fingerprint density at radius 3 is 2.67 bits per heavy atom. The van der Waals surface area contributed by atoms with Crippen LogP contribution in [-0.2, 0) is 0 Å². The maximum absolute atomic E-state index is 8.24. The number of hydrogen-bond acceptors (Lipinski definition) is 2. The molecule has 0 unspecified atom stereocenters. The van der Waals surface area contributed by atoms with E-state index in [0.717, 1.165) is 6.54 Å². The van der Waals surface area contributed by atoms with Crippen molar-refractivity contribution in [3.05, 3.63) is 0 Å². The lowest BCUT2D eigenvalue weighted by Crippen LogP contribution is -2.19. The maximum Gasteiger partial charge on any atom is 0.0863 e. The molecule has 0 atom stereocenters. The summed E-state index contributed by atoms with van der Waals surface area (Å²) in [5.74, 6) is 0. The smallest absolute Gasteiger partial charge is 0.0863 e. The van der Waals surface area contributed by atoms with Crippen molar-refractivity contribution in [3.63, 3.8) is 0 Å². The molecule has 0 radical (unpaired) electrons. The Bertz CT molecular complexity index is 93.6. The second kappa shape index (κ2) is 5.58. The molecule has 0 spiro atoms.